The van der Waals surface area contributed by atoms with E-state index in [2.05, 4.69) is 11.9 Å². The maximum Gasteiger partial charge on any atom is 0.0515 e. The van der Waals surface area contributed by atoms with Crippen LogP contribution in [0.15, 0.2) is 0 Å². The van der Waals surface area contributed by atoms with E-state index in [9.17, 15) is 0 Å². The number of ether oxygens (including phenoxy) is 1. The molecule has 1 aliphatic rings. The van der Waals surface area contributed by atoms with Gasteiger partial charge < -0.3 is 9.64 Å². The van der Waals surface area contributed by atoms with Gasteiger partial charge in [0.2, 0.25) is 0 Å². The molecule has 1 saturated heterocycles. The van der Waals surface area contributed by atoms with Gasteiger partial charge >= 0.3 is 0 Å². The smallest absolute Gasteiger partial charge is 0.0515 e. The second-order valence-corrected chi connectivity index (χ2v) is 3.29. The Morgan fingerprint density at radius 2 is 1.06 bits per heavy atom. The van der Waals surface area contributed by atoms with Crippen molar-refractivity contribution in [2.24, 2.45) is 0 Å². The van der Waals surface area contributed by atoms with Crippen LogP contribution in [0.25, 0.3) is 0 Å². The summed E-state index contributed by atoms with van der Waals surface area (Å²) in [5, 5.41) is 0. The Labute approximate surface area is 112 Å². The topological polar surface area (TPSA) is 12.5 Å². The Morgan fingerprint density at radius 3 is 1.12 bits per heavy atom. The lowest BCUT2D eigenvalue weighted by Gasteiger charge is -2.01. The van der Waals surface area contributed by atoms with Crippen LogP contribution in [0.1, 0.15) is 68.2 Å². The van der Waals surface area contributed by atoms with Crippen LogP contribution >= 0.6 is 0 Å². The molecule has 0 bridgehead atoms. The summed E-state index contributed by atoms with van der Waals surface area (Å²) >= 11 is 0. The predicted molar refractivity (Wildman–Crippen MR) is 82.9 cm³/mol. The number of hydrogen-bond acceptors (Lipinski definition) is 2. The first kappa shape index (κ1) is 25.7. The summed E-state index contributed by atoms with van der Waals surface area (Å²) in [5.41, 5.74) is 0. The van der Waals surface area contributed by atoms with Crippen LogP contribution in [0.5, 0.6) is 0 Å². The van der Waals surface area contributed by atoms with E-state index in [4.69, 9.17) is 4.74 Å². The van der Waals surface area contributed by atoms with E-state index < -0.39 is 0 Å². The molecule has 0 aliphatic carbocycles. The average molecular weight is 249 g/mol. The van der Waals surface area contributed by atoms with Crippen LogP contribution in [-0.4, -0.2) is 38.3 Å². The molecule has 0 aromatic carbocycles. The minimum absolute atomic E-state index is 0.384. The van der Waals surface area contributed by atoms with Crippen molar-refractivity contribution in [1.29, 1.82) is 0 Å². The van der Waals surface area contributed by atoms with E-state index >= 15 is 0 Å². The molecule has 0 atom stereocenters. The van der Waals surface area contributed by atoms with Crippen molar-refractivity contribution in [1.82, 2.24) is 4.90 Å². The highest BCUT2D eigenvalue weighted by atomic mass is 16.5. The first-order chi connectivity index (χ1) is 8.16. The lowest BCUT2D eigenvalue weighted by Crippen LogP contribution is -2.10. The number of hydrogen-bond donors (Lipinski definition) is 0. The van der Waals surface area contributed by atoms with Gasteiger partial charge in [-0.2, -0.15) is 0 Å². The summed E-state index contributed by atoms with van der Waals surface area (Å²) in [6.45, 7) is 18.6. The third-order valence-electron chi connectivity index (χ3n) is 1.80. The SMILES string of the molecule is CC.CC.CC.CN1CCCC1.COC(C)C. The Balaban J connectivity index is -0.0000000701. The van der Waals surface area contributed by atoms with Gasteiger partial charge in [0.25, 0.3) is 0 Å². The number of nitrogens with zero attached hydrogens (tertiary/aromatic N) is 1. The summed E-state index contributed by atoms with van der Waals surface area (Å²) in [6, 6.07) is 0. The highest BCUT2D eigenvalue weighted by Crippen LogP contribution is 2.02. The predicted octanol–water partition coefficient (Wildman–Crippen LogP) is 4.83. The van der Waals surface area contributed by atoms with Crippen molar-refractivity contribution < 1.29 is 4.74 Å². The van der Waals surface area contributed by atoms with E-state index in [0.717, 1.165) is 0 Å². The van der Waals surface area contributed by atoms with Crippen LogP contribution in [0.4, 0.5) is 0 Å². The molecule has 0 unspecified atom stereocenters. The van der Waals surface area contributed by atoms with E-state index in [0.29, 0.717) is 6.10 Å². The molecule has 0 radical (unpaired) electrons. The van der Waals surface area contributed by atoms with Gasteiger partial charge in [0.1, 0.15) is 0 Å². The Bertz CT molecular complexity index is 79.0. The maximum absolute atomic E-state index is 4.75. The Morgan fingerprint density at radius 1 is 0.824 bits per heavy atom. The molecule has 1 aliphatic heterocycles. The van der Waals surface area contributed by atoms with Gasteiger partial charge in [-0.25, -0.2) is 0 Å². The summed E-state index contributed by atoms with van der Waals surface area (Å²) in [7, 11) is 3.87. The molecular formula is C15H39NO. The Hall–Kier alpha value is -0.0800. The van der Waals surface area contributed by atoms with Crippen molar-refractivity contribution in [3.63, 3.8) is 0 Å². The molecule has 1 fully saturated rings. The third kappa shape index (κ3) is 38.8. The largest absolute Gasteiger partial charge is 0.382 e. The molecule has 17 heavy (non-hydrogen) atoms. The number of rotatable bonds is 1. The van der Waals surface area contributed by atoms with Crippen molar-refractivity contribution in [3.8, 4) is 0 Å². The molecule has 0 aromatic heterocycles. The molecule has 1 heterocycles. The zero-order valence-electron chi connectivity index (χ0n) is 14.3. The van der Waals surface area contributed by atoms with Crippen molar-refractivity contribution >= 4 is 0 Å². The quantitative estimate of drug-likeness (QED) is 0.660. The molecular weight excluding hydrogens is 210 g/mol. The zero-order valence-corrected chi connectivity index (χ0v) is 14.3. The van der Waals surface area contributed by atoms with Crippen LogP contribution in [0.3, 0.4) is 0 Å². The van der Waals surface area contributed by atoms with Gasteiger partial charge in [0.05, 0.1) is 6.10 Å². The molecule has 0 amide bonds. The third-order valence-corrected chi connectivity index (χ3v) is 1.80. The zero-order chi connectivity index (χ0) is 14.7. The van der Waals surface area contributed by atoms with Crippen LogP contribution in [0.2, 0.25) is 0 Å². The standard InChI is InChI=1S/C5H11N.C4H10O.3C2H6/c1-6-4-2-3-5-6;1-4(2)5-3;3*1-2/h2-5H2,1H3;4H,1-3H3;3*1-2H3. The van der Waals surface area contributed by atoms with Gasteiger partial charge in [-0.05, 0) is 46.8 Å². The second kappa shape index (κ2) is 29.7. The number of methoxy groups -OCH3 is 1. The van der Waals surface area contributed by atoms with Crippen molar-refractivity contribution in [3.05, 3.63) is 0 Å². The average Bonchev–Trinajstić information content (AvgIpc) is 2.88. The van der Waals surface area contributed by atoms with Gasteiger partial charge in [-0.15, -0.1) is 0 Å². The van der Waals surface area contributed by atoms with E-state index in [1.807, 2.05) is 55.4 Å². The Kier molecular flexibility index (Phi) is 44.9. The molecule has 1 rings (SSSR count). The fourth-order valence-electron chi connectivity index (χ4n) is 0.875. The van der Waals surface area contributed by atoms with E-state index in [1.165, 1.54) is 25.9 Å². The van der Waals surface area contributed by atoms with Gasteiger partial charge in [-0.3, -0.25) is 0 Å². The fourth-order valence-corrected chi connectivity index (χ4v) is 0.875. The fraction of sp³-hybridized carbons (Fsp3) is 1.00. The first-order valence-corrected chi connectivity index (χ1v) is 7.38. The van der Waals surface area contributed by atoms with Gasteiger partial charge in [0.15, 0.2) is 0 Å². The summed E-state index contributed by atoms with van der Waals surface area (Å²) in [4.78, 5) is 2.36. The van der Waals surface area contributed by atoms with Crippen molar-refractivity contribution in [2.75, 3.05) is 27.2 Å². The molecule has 2 nitrogen and oxygen atoms in total. The van der Waals surface area contributed by atoms with Crippen LogP contribution in [0, 0.1) is 0 Å². The molecule has 0 saturated carbocycles. The second-order valence-electron chi connectivity index (χ2n) is 3.29. The lowest BCUT2D eigenvalue weighted by atomic mass is 10.4. The minimum Gasteiger partial charge on any atom is -0.382 e. The molecule has 0 spiro atoms. The van der Waals surface area contributed by atoms with Gasteiger partial charge in [0, 0.05) is 7.11 Å². The number of likely N-dealkylation sites (tertiary alicyclic amines) is 1. The molecule has 110 valence electrons. The normalized spacial score (nSPS) is 12.9. The van der Waals surface area contributed by atoms with Gasteiger partial charge in [-0.1, -0.05) is 41.5 Å². The lowest BCUT2D eigenvalue weighted by molar-refractivity contribution is 0.134. The summed E-state index contributed by atoms with van der Waals surface area (Å²) in [6.07, 6.45) is 3.21. The highest BCUT2D eigenvalue weighted by molar-refractivity contribution is 4.59. The minimum atomic E-state index is 0.384. The van der Waals surface area contributed by atoms with Crippen LogP contribution < -0.4 is 0 Å². The first-order valence-electron chi connectivity index (χ1n) is 7.38. The molecule has 0 N–H and O–H groups in total. The van der Waals surface area contributed by atoms with Crippen molar-refractivity contribution in [2.45, 2.75) is 74.3 Å². The van der Waals surface area contributed by atoms with E-state index in [1.54, 1.807) is 7.11 Å². The summed E-state index contributed by atoms with van der Waals surface area (Å²) in [5.74, 6) is 0. The molecule has 0 aromatic rings. The summed E-state index contributed by atoms with van der Waals surface area (Å²) < 4.78 is 4.75. The maximum atomic E-state index is 4.75. The molecule has 2 heteroatoms. The van der Waals surface area contributed by atoms with Crippen LogP contribution in [-0.2, 0) is 4.74 Å². The monoisotopic (exact) mass is 249 g/mol. The highest BCUT2D eigenvalue weighted by Gasteiger charge is 2.03. The van der Waals surface area contributed by atoms with E-state index in [-0.39, 0.29) is 0 Å².